The Labute approximate surface area is 76.5 Å². The molecule has 13 heavy (non-hydrogen) atoms. The van der Waals surface area contributed by atoms with Gasteiger partial charge in [0, 0.05) is 30.3 Å². The Balaban J connectivity index is 2.37. The summed E-state index contributed by atoms with van der Waals surface area (Å²) in [6, 6.07) is 3.79. The minimum absolute atomic E-state index is 0.0219. The Bertz CT molecular complexity index is 356. The third-order valence-electron chi connectivity index (χ3n) is 2.15. The molecule has 1 aliphatic rings. The number of pyridine rings is 1. The highest BCUT2D eigenvalue weighted by Gasteiger charge is 2.23. The molecule has 3 nitrogen and oxygen atoms in total. The van der Waals surface area contributed by atoms with E-state index in [9.17, 15) is 4.79 Å². The number of rotatable bonds is 1. The Morgan fingerprint density at radius 1 is 1.54 bits per heavy atom. The van der Waals surface area contributed by atoms with Crippen LogP contribution in [0.2, 0.25) is 0 Å². The van der Waals surface area contributed by atoms with Gasteiger partial charge in [0.25, 0.3) is 0 Å². The van der Waals surface area contributed by atoms with Gasteiger partial charge in [-0.2, -0.15) is 0 Å². The smallest absolute Gasteiger partial charge is 0.246 e. The number of amides is 1. The molecule has 66 valence electrons. The van der Waals surface area contributed by atoms with Crippen LogP contribution in [0.3, 0.4) is 0 Å². The van der Waals surface area contributed by atoms with E-state index < -0.39 is 0 Å². The van der Waals surface area contributed by atoms with E-state index >= 15 is 0 Å². The zero-order chi connectivity index (χ0) is 9.26. The summed E-state index contributed by atoms with van der Waals surface area (Å²) in [6.07, 6.45) is 3.99. The highest BCUT2D eigenvalue weighted by atomic mass is 16.1. The van der Waals surface area contributed by atoms with Crippen LogP contribution in [0.4, 0.5) is 0 Å². The molecule has 1 atom stereocenters. The molecule has 0 aliphatic carbocycles. The lowest BCUT2D eigenvalue weighted by molar-refractivity contribution is -0.117. The molecule has 1 amide bonds. The summed E-state index contributed by atoms with van der Waals surface area (Å²) in [6.45, 7) is 2.01. The Hall–Kier alpha value is -1.51. The lowest BCUT2D eigenvalue weighted by atomic mass is 10.00. The summed E-state index contributed by atoms with van der Waals surface area (Å²) in [7, 11) is 0. The number of nitrogens with zero attached hydrogens (tertiary/aromatic N) is 2. The molecular formula is C10H10N2O. The topological polar surface area (TPSA) is 42.3 Å². The molecule has 1 unspecified atom stereocenters. The monoisotopic (exact) mass is 174 g/mol. The first-order chi connectivity index (χ1) is 6.27. The van der Waals surface area contributed by atoms with Gasteiger partial charge in [-0.3, -0.25) is 9.78 Å². The van der Waals surface area contributed by atoms with E-state index in [1.807, 2.05) is 19.1 Å². The molecule has 0 N–H and O–H groups in total. The van der Waals surface area contributed by atoms with Gasteiger partial charge < -0.3 is 0 Å². The third-order valence-corrected chi connectivity index (χ3v) is 2.15. The molecule has 0 radical (unpaired) electrons. The van der Waals surface area contributed by atoms with E-state index in [4.69, 9.17) is 0 Å². The van der Waals surface area contributed by atoms with Crippen molar-refractivity contribution in [3.05, 3.63) is 30.1 Å². The molecular weight excluding hydrogens is 164 g/mol. The zero-order valence-corrected chi connectivity index (χ0v) is 7.40. The van der Waals surface area contributed by atoms with E-state index in [0.717, 1.165) is 11.3 Å². The van der Waals surface area contributed by atoms with Crippen LogP contribution in [-0.2, 0) is 4.79 Å². The minimum atomic E-state index is -0.0219. The van der Waals surface area contributed by atoms with E-state index in [-0.39, 0.29) is 11.8 Å². The van der Waals surface area contributed by atoms with Gasteiger partial charge in [0.05, 0.1) is 5.71 Å². The van der Waals surface area contributed by atoms with Crippen molar-refractivity contribution in [3.63, 3.8) is 0 Å². The van der Waals surface area contributed by atoms with Crippen molar-refractivity contribution in [2.45, 2.75) is 13.3 Å². The number of aliphatic imine (C=N–C) groups is 1. The fraction of sp³-hybridized carbons (Fsp3) is 0.300. The molecule has 2 heterocycles. The second-order valence-electron chi connectivity index (χ2n) is 3.24. The summed E-state index contributed by atoms with van der Waals surface area (Å²) in [5.41, 5.74) is 1.83. The fourth-order valence-electron chi connectivity index (χ4n) is 1.51. The second-order valence-corrected chi connectivity index (χ2v) is 3.24. The van der Waals surface area contributed by atoms with Crippen molar-refractivity contribution < 1.29 is 4.79 Å². The van der Waals surface area contributed by atoms with Crippen LogP contribution in [-0.4, -0.2) is 16.6 Å². The molecule has 0 saturated carbocycles. The van der Waals surface area contributed by atoms with Gasteiger partial charge in [0.2, 0.25) is 5.91 Å². The van der Waals surface area contributed by atoms with E-state index in [1.165, 1.54) is 0 Å². The molecule has 1 aromatic heterocycles. The van der Waals surface area contributed by atoms with Crippen molar-refractivity contribution >= 4 is 11.6 Å². The van der Waals surface area contributed by atoms with Crippen LogP contribution in [0.1, 0.15) is 18.9 Å². The Morgan fingerprint density at radius 2 is 2.38 bits per heavy atom. The zero-order valence-electron chi connectivity index (χ0n) is 7.40. The lowest BCUT2D eigenvalue weighted by Crippen LogP contribution is -2.07. The largest absolute Gasteiger partial charge is 0.273 e. The number of hydrogen-bond donors (Lipinski definition) is 0. The van der Waals surface area contributed by atoms with Gasteiger partial charge in [-0.15, -0.1) is 0 Å². The fourth-order valence-corrected chi connectivity index (χ4v) is 1.51. The van der Waals surface area contributed by atoms with Crippen LogP contribution < -0.4 is 0 Å². The lowest BCUT2D eigenvalue weighted by Gasteiger charge is -2.04. The number of aromatic nitrogens is 1. The summed E-state index contributed by atoms with van der Waals surface area (Å²) >= 11 is 0. The number of carbonyl (C=O) groups excluding carboxylic acids is 1. The van der Waals surface area contributed by atoms with Crippen molar-refractivity contribution in [1.82, 2.24) is 4.98 Å². The first-order valence-electron chi connectivity index (χ1n) is 4.29. The van der Waals surface area contributed by atoms with Gasteiger partial charge in [0.1, 0.15) is 0 Å². The molecule has 0 bridgehead atoms. The summed E-state index contributed by atoms with van der Waals surface area (Å²) in [4.78, 5) is 19.0. The normalized spacial score (nSPS) is 21.8. The second kappa shape index (κ2) is 3.09. The van der Waals surface area contributed by atoms with E-state index in [2.05, 4.69) is 9.98 Å². The third kappa shape index (κ3) is 1.49. The van der Waals surface area contributed by atoms with Gasteiger partial charge in [-0.1, -0.05) is 13.0 Å². The maximum absolute atomic E-state index is 11.0. The predicted octanol–water partition coefficient (Wildman–Crippen LogP) is 1.44. The average Bonchev–Trinajstić information content (AvgIpc) is 2.47. The number of hydrogen-bond acceptors (Lipinski definition) is 2. The summed E-state index contributed by atoms with van der Waals surface area (Å²) in [5, 5.41) is 0. The maximum atomic E-state index is 11.0. The SMILES string of the molecule is CC1CC(=O)N=C1c1cccnc1. The van der Waals surface area contributed by atoms with Crippen LogP contribution in [0.25, 0.3) is 0 Å². The van der Waals surface area contributed by atoms with Gasteiger partial charge in [-0.05, 0) is 6.07 Å². The summed E-state index contributed by atoms with van der Waals surface area (Å²) in [5.74, 6) is 0.211. The van der Waals surface area contributed by atoms with E-state index in [1.54, 1.807) is 12.4 Å². The van der Waals surface area contributed by atoms with Crippen LogP contribution >= 0.6 is 0 Å². The van der Waals surface area contributed by atoms with Crippen molar-refractivity contribution in [2.75, 3.05) is 0 Å². The van der Waals surface area contributed by atoms with Crippen molar-refractivity contribution in [2.24, 2.45) is 10.9 Å². The minimum Gasteiger partial charge on any atom is -0.273 e. The molecule has 0 spiro atoms. The van der Waals surface area contributed by atoms with Gasteiger partial charge >= 0.3 is 0 Å². The molecule has 3 heteroatoms. The van der Waals surface area contributed by atoms with Crippen molar-refractivity contribution in [3.8, 4) is 0 Å². The summed E-state index contributed by atoms with van der Waals surface area (Å²) < 4.78 is 0. The first-order valence-corrected chi connectivity index (χ1v) is 4.29. The molecule has 0 fully saturated rings. The molecule has 2 rings (SSSR count). The van der Waals surface area contributed by atoms with E-state index in [0.29, 0.717) is 6.42 Å². The Kier molecular flexibility index (Phi) is 1.93. The average molecular weight is 174 g/mol. The predicted molar refractivity (Wildman–Crippen MR) is 49.6 cm³/mol. The van der Waals surface area contributed by atoms with Crippen LogP contribution in [0.5, 0.6) is 0 Å². The highest BCUT2D eigenvalue weighted by molar-refractivity contribution is 6.12. The molecule has 1 aliphatic heterocycles. The number of carbonyl (C=O) groups is 1. The Morgan fingerprint density at radius 3 is 2.92 bits per heavy atom. The molecule has 0 aromatic carbocycles. The van der Waals surface area contributed by atoms with Gasteiger partial charge in [0.15, 0.2) is 0 Å². The van der Waals surface area contributed by atoms with Crippen molar-refractivity contribution in [1.29, 1.82) is 0 Å². The first kappa shape index (κ1) is 8.10. The maximum Gasteiger partial charge on any atom is 0.246 e. The standard InChI is InChI=1S/C10H10N2O/c1-7-5-9(13)12-10(7)8-3-2-4-11-6-8/h2-4,6-7H,5H2,1H3. The van der Waals surface area contributed by atoms with Gasteiger partial charge in [-0.25, -0.2) is 4.99 Å². The van der Waals surface area contributed by atoms with Crippen LogP contribution in [0.15, 0.2) is 29.5 Å². The quantitative estimate of drug-likeness (QED) is 0.646. The van der Waals surface area contributed by atoms with Crippen LogP contribution in [0, 0.1) is 5.92 Å². The molecule has 0 saturated heterocycles. The highest BCUT2D eigenvalue weighted by Crippen LogP contribution is 2.19. The molecule has 1 aromatic rings.